The average Bonchev–Trinajstić information content (AvgIpc) is 2.37. The van der Waals surface area contributed by atoms with E-state index >= 15 is 0 Å². The fourth-order valence-corrected chi connectivity index (χ4v) is 3.99. The molecule has 0 aromatic heterocycles. The zero-order valence-electron chi connectivity index (χ0n) is 12.5. The summed E-state index contributed by atoms with van der Waals surface area (Å²) in [6, 6.07) is 2.01. The second-order valence-electron chi connectivity index (χ2n) is 6.72. The quantitative estimate of drug-likeness (QED) is 0.836. The Bertz CT molecular complexity index is 261. The summed E-state index contributed by atoms with van der Waals surface area (Å²) in [5.41, 5.74) is 0.414. The van der Waals surface area contributed by atoms with Gasteiger partial charge in [0, 0.05) is 31.3 Å². The van der Waals surface area contributed by atoms with Crippen LogP contribution in [0.3, 0.4) is 0 Å². The third-order valence-electron chi connectivity index (χ3n) is 5.15. The minimum absolute atomic E-state index is 0.414. The van der Waals surface area contributed by atoms with E-state index in [-0.39, 0.29) is 0 Å². The molecule has 3 heteroatoms. The molecule has 1 saturated carbocycles. The van der Waals surface area contributed by atoms with Gasteiger partial charge in [0.05, 0.1) is 0 Å². The van der Waals surface area contributed by atoms with Crippen LogP contribution in [0.15, 0.2) is 0 Å². The zero-order valence-corrected chi connectivity index (χ0v) is 12.5. The number of rotatable bonds is 3. The van der Waals surface area contributed by atoms with Gasteiger partial charge in [-0.2, -0.15) is 0 Å². The van der Waals surface area contributed by atoms with Crippen LogP contribution in [0.4, 0.5) is 0 Å². The molecular weight excluding hydrogens is 224 g/mol. The van der Waals surface area contributed by atoms with Gasteiger partial charge in [0.25, 0.3) is 0 Å². The van der Waals surface area contributed by atoms with Crippen molar-refractivity contribution in [2.24, 2.45) is 5.41 Å². The highest BCUT2D eigenvalue weighted by Crippen LogP contribution is 2.38. The first-order valence-electron chi connectivity index (χ1n) is 7.53. The Morgan fingerprint density at radius 1 is 1.17 bits per heavy atom. The zero-order chi connectivity index (χ0) is 13.2. The maximum atomic E-state index is 5.49. The average molecular weight is 254 g/mol. The number of hydrogen-bond acceptors (Lipinski definition) is 3. The van der Waals surface area contributed by atoms with Crippen molar-refractivity contribution < 1.29 is 4.74 Å². The number of nitrogens with zero attached hydrogens (tertiary/aromatic N) is 1. The van der Waals surface area contributed by atoms with E-state index in [1.165, 1.54) is 32.1 Å². The summed E-state index contributed by atoms with van der Waals surface area (Å²) in [6.07, 6.45) is 6.44. The molecule has 2 aliphatic rings. The Morgan fingerprint density at radius 3 is 2.44 bits per heavy atom. The van der Waals surface area contributed by atoms with E-state index in [1.807, 2.05) is 0 Å². The summed E-state index contributed by atoms with van der Waals surface area (Å²) in [7, 11) is 4.45. The van der Waals surface area contributed by atoms with Crippen molar-refractivity contribution in [2.75, 3.05) is 27.3 Å². The third-order valence-corrected chi connectivity index (χ3v) is 5.15. The Hall–Kier alpha value is -0.120. The Morgan fingerprint density at radius 2 is 1.83 bits per heavy atom. The molecule has 2 rings (SSSR count). The lowest BCUT2D eigenvalue weighted by atomic mass is 9.70. The summed E-state index contributed by atoms with van der Waals surface area (Å²) in [4.78, 5) is 2.64. The first-order chi connectivity index (χ1) is 8.56. The van der Waals surface area contributed by atoms with E-state index in [9.17, 15) is 0 Å². The standard InChI is InChI=1S/C15H30N2O/c1-15(2)9-5-6-13(14(15)16-3)17(4)12-7-10-18-11-8-12/h12-14,16H,5-11H2,1-4H3. The fraction of sp³-hybridized carbons (Fsp3) is 1.00. The van der Waals surface area contributed by atoms with E-state index in [0.717, 1.165) is 13.2 Å². The lowest BCUT2D eigenvalue weighted by Gasteiger charge is -2.49. The predicted molar refractivity (Wildman–Crippen MR) is 75.9 cm³/mol. The van der Waals surface area contributed by atoms with Gasteiger partial charge in [-0.15, -0.1) is 0 Å². The minimum Gasteiger partial charge on any atom is -0.381 e. The van der Waals surface area contributed by atoms with Gasteiger partial charge < -0.3 is 10.1 Å². The molecule has 0 bridgehead atoms. The maximum absolute atomic E-state index is 5.49. The molecule has 1 heterocycles. The number of ether oxygens (including phenoxy) is 1. The lowest BCUT2D eigenvalue weighted by Crippen LogP contribution is -2.59. The highest BCUT2D eigenvalue weighted by Gasteiger charge is 2.41. The van der Waals surface area contributed by atoms with Gasteiger partial charge in [0.2, 0.25) is 0 Å². The highest BCUT2D eigenvalue weighted by atomic mass is 16.5. The van der Waals surface area contributed by atoms with Crippen molar-refractivity contribution in [3.8, 4) is 0 Å². The molecular formula is C15H30N2O. The largest absolute Gasteiger partial charge is 0.381 e. The number of likely N-dealkylation sites (N-methyl/N-ethyl adjacent to an activating group) is 2. The fourth-order valence-electron chi connectivity index (χ4n) is 3.99. The van der Waals surface area contributed by atoms with Crippen molar-refractivity contribution in [1.29, 1.82) is 0 Å². The molecule has 2 fully saturated rings. The number of hydrogen-bond donors (Lipinski definition) is 1. The first kappa shape index (κ1) is 14.3. The highest BCUT2D eigenvalue weighted by molar-refractivity contribution is 4.98. The van der Waals surface area contributed by atoms with Crippen LogP contribution in [0.25, 0.3) is 0 Å². The van der Waals surface area contributed by atoms with Crippen LogP contribution in [-0.2, 0) is 4.74 Å². The molecule has 1 aliphatic heterocycles. The SMILES string of the molecule is CNC1C(N(C)C2CCOCC2)CCCC1(C)C. The Kier molecular flexibility index (Phi) is 4.68. The smallest absolute Gasteiger partial charge is 0.0480 e. The van der Waals surface area contributed by atoms with Gasteiger partial charge >= 0.3 is 0 Å². The van der Waals surface area contributed by atoms with Crippen molar-refractivity contribution in [3.05, 3.63) is 0 Å². The minimum atomic E-state index is 0.414. The van der Waals surface area contributed by atoms with Gasteiger partial charge in [0.15, 0.2) is 0 Å². The van der Waals surface area contributed by atoms with Crippen LogP contribution in [0.1, 0.15) is 46.0 Å². The maximum Gasteiger partial charge on any atom is 0.0480 e. The van der Waals surface area contributed by atoms with E-state index < -0.39 is 0 Å². The first-order valence-corrected chi connectivity index (χ1v) is 7.53. The molecule has 0 amide bonds. The monoisotopic (exact) mass is 254 g/mol. The van der Waals surface area contributed by atoms with Gasteiger partial charge in [0.1, 0.15) is 0 Å². The van der Waals surface area contributed by atoms with E-state index in [4.69, 9.17) is 4.74 Å². The molecule has 18 heavy (non-hydrogen) atoms. The van der Waals surface area contributed by atoms with Crippen molar-refractivity contribution in [1.82, 2.24) is 10.2 Å². The van der Waals surface area contributed by atoms with Crippen LogP contribution >= 0.6 is 0 Å². The topological polar surface area (TPSA) is 24.5 Å². The van der Waals surface area contributed by atoms with Crippen LogP contribution in [-0.4, -0.2) is 50.3 Å². The number of nitrogens with one attached hydrogen (secondary N) is 1. The summed E-state index contributed by atoms with van der Waals surface area (Å²) in [5.74, 6) is 0. The molecule has 2 unspecified atom stereocenters. The molecule has 0 aromatic carbocycles. The summed E-state index contributed by atoms with van der Waals surface area (Å²) in [6.45, 7) is 6.71. The molecule has 0 radical (unpaired) electrons. The van der Waals surface area contributed by atoms with Crippen LogP contribution in [0.2, 0.25) is 0 Å². The second-order valence-corrected chi connectivity index (χ2v) is 6.72. The van der Waals surface area contributed by atoms with Gasteiger partial charge in [-0.25, -0.2) is 0 Å². The molecule has 3 nitrogen and oxygen atoms in total. The van der Waals surface area contributed by atoms with E-state index in [2.05, 4.69) is 38.2 Å². The van der Waals surface area contributed by atoms with Gasteiger partial charge in [-0.3, -0.25) is 4.90 Å². The van der Waals surface area contributed by atoms with Crippen molar-refractivity contribution in [3.63, 3.8) is 0 Å². The van der Waals surface area contributed by atoms with Gasteiger partial charge in [-0.1, -0.05) is 20.3 Å². The van der Waals surface area contributed by atoms with Crippen LogP contribution in [0.5, 0.6) is 0 Å². The molecule has 0 spiro atoms. The molecule has 0 aromatic rings. The lowest BCUT2D eigenvalue weighted by molar-refractivity contribution is -0.00553. The van der Waals surface area contributed by atoms with E-state index in [1.54, 1.807) is 0 Å². The molecule has 1 saturated heterocycles. The Labute approximate surface area is 112 Å². The molecule has 1 aliphatic carbocycles. The van der Waals surface area contributed by atoms with Crippen molar-refractivity contribution >= 4 is 0 Å². The van der Waals surface area contributed by atoms with E-state index in [0.29, 0.717) is 23.5 Å². The molecule has 1 N–H and O–H groups in total. The normalized spacial score (nSPS) is 33.8. The predicted octanol–water partition coefficient (Wildman–Crippen LogP) is 2.26. The second kappa shape index (κ2) is 5.89. The Balaban J connectivity index is 2.04. The summed E-state index contributed by atoms with van der Waals surface area (Å²) >= 11 is 0. The third kappa shape index (κ3) is 2.89. The summed E-state index contributed by atoms with van der Waals surface area (Å²) in [5, 5.41) is 3.59. The van der Waals surface area contributed by atoms with Crippen molar-refractivity contribution in [2.45, 2.75) is 64.1 Å². The molecule has 2 atom stereocenters. The van der Waals surface area contributed by atoms with Gasteiger partial charge in [-0.05, 0) is 45.2 Å². The summed E-state index contributed by atoms with van der Waals surface area (Å²) < 4.78 is 5.49. The molecule has 106 valence electrons. The van der Waals surface area contributed by atoms with Crippen LogP contribution in [0, 0.1) is 5.41 Å². The van der Waals surface area contributed by atoms with Crippen LogP contribution < -0.4 is 5.32 Å².